The molecule has 2 aliphatic rings. The summed E-state index contributed by atoms with van der Waals surface area (Å²) in [6.07, 6.45) is 5.48. The highest BCUT2D eigenvalue weighted by atomic mass is 35.5. The van der Waals surface area contributed by atoms with E-state index in [1.165, 1.54) is 17.4 Å². The molecular formula is C24H25ClN6O3S. The van der Waals surface area contributed by atoms with Crippen molar-refractivity contribution in [3.05, 3.63) is 86.2 Å². The second-order valence-electron chi connectivity index (χ2n) is 8.18. The van der Waals surface area contributed by atoms with Crippen molar-refractivity contribution in [2.75, 3.05) is 24.6 Å². The van der Waals surface area contributed by atoms with Crippen molar-refractivity contribution < 1.29 is 9.53 Å². The van der Waals surface area contributed by atoms with Crippen LogP contribution in [0.4, 0.5) is 5.69 Å². The quantitative estimate of drug-likeness (QED) is 0.386. The molecule has 35 heavy (non-hydrogen) atoms. The molecule has 4 heterocycles. The van der Waals surface area contributed by atoms with Crippen LogP contribution in [0.15, 0.2) is 71.4 Å². The number of amides is 1. The van der Waals surface area contributed by atoms with Gasteiger partial charge in [0.25, 0.3) is 11.5 Å². The number of hydrogen-bond acceptors (Lipinski definition) is 8. The van der Waals surface area contributed by atoms with Crippen molar-refractivity contribution in [1.82, 2.24) is 26.2 Å². The predicted octanol–water partition coefficient (Wildman–Crippen LogP) is 2.78. The topological polar surface area (TPSA) is 99.7 Å². The van der Waals surface area contributed by atoms with Crippen LogP contribution in [0.25, 0.3) is 5.69 Å². The van der Waals surface area contributed by atoms with Crippen molar-refractivity contribution in [2.24, 2.45) is 0 Å². The molecule has 182 valence electrons. The van der Waals surface area contributed by atoms with E-state index >= 15 is 0 Å². The van der Waals surface area contributed by atoms with Gasteiger partial charge in [-0.05, 0) is 56.3 Å². The number of nitrogens with one attached hydrogen (secondary N) is 4. The number of thiophene rings is 1. The summed E-state index contributed by atoms with van der Waals surface area (Å²) in [5.41, 5.74) is 8.36. The fourth-order valence-corrected chi connectivity index (χ4v) is 4.91. The SMILES string of the molecule is O=C(NCC1=CN(c2ccc(-n3ccccc3=O)cc2OC2CCNCC2)NN1)c1ccc(Cl)s1. The number of hydrazine groups is 2. The van der Waals surface area contributed by atoms with E-state index in [1.54, 1.807) is 34.0 Å². The maximum Gasteiger partial charge on any atom is 0.261 e. The summed E-state index contributed by atoms with van der Waals surface area (Å²) in [7, 11) is 0. The normalized spacial score (nSPS) is 16.0. The van der Waals surface area contributed by atoms with Crippen molar-refractivity contribution in [3.8, 4) is 11.4 Å². The molecular weight excluding hydrogens is 488 g/mol. The minimum atomic E-state index is -0.185. The number of benzene rings is 1. The van der Waals surface area contributed by atoms with E-state index in [0.717, 1.165) is 43.0 Å². The van der Waals surface area contributed by atoms with Gasteiger partial charge in [-0.1, -0.05) is 17.7 Å². The molecule has 0 saturated carbocycles. The van der Waals surface area contributed by atoms with E-state index in [-0.39, 0.29) is 17.6 Å². The Hall–Kier alpha value is -3.31. The van der Waals surface area contributed by atoms with Gasteiger partial charge in [0.15, 0.2) is 0 Å². The van der Waals surface area contributed by atoms with E-state index in [9.17, 15) is 9.59 Å². The number of nitrogens with zero attached hydrogens (tertiary/aromatic N) is 2. The Kier molecular flexibility index (Phi) is 7.05. The Labute approximate surface area is 211 Å². The largest absolute Gasteiger partial charge is 0.488 e. The van der Waals surface area contributed by atoms with E-state index in [2.05, 4.69) is 21.6 Å². The van der Waals surface area contributed by atoms with Crippen LogP contribution in [-0.4, -0.2) is 36.2 Å². The van der Waals surface area contributed by atoms with Crippen LogP contribution in [0.3, 0.4) is 0 Å². The van der Waals surface area contributed by atoms with Gasteiger partial charge in [0.05, 0.1) is 27.1 Å². The number of carbonyl (C=O) groups excluding carboxylic acids is 1. The summed E-state index contributed by atoms with van der Waals surface area (Å²) < 4.78 is 8.58. The first-order valence-corrected chi connectivity index (χ1v) is 12.5. The number of piperidine rings is 1. The average molecular weight is 513 g/mol. The van der Waals surface area contributed by atoms with Crippen molar-refractivity contribution >= 4 is 34.5 Å². The number of anilines is 1. The van der Waals surface area contributed by atoms with Gasteiger partial charge in [0, 0.05) is 24.5 Å². The fourth-order valence-electron chi connectivity index (χ4n) is 3.95. The predicted molar refractivity (Wildman–Crippen MR) is 137 cm³/mol. The number of pyridine rings is 1. The zero-order valence-corrected chi connectivity index (χ0v) is 20.4. The maximum atomic E-state index is 12.4. The summed E-state index contributed by atoms with van der Waals surface area (Å²) in [6.45, 7) is 2.11. The molecule has 0 atom stereocenters. The summed E-state index contributed by atoms with van der Waals surface area (Å²) in [4.78, 5) is 25.3. The van der Waals surface area contributed by atoms with Gasteiger partial charge in [-0.3, -0.25) is 19.2 Å². The van der Waals surface area contributed by atoms with Crippen molar-refractivity contribution in [3.63, 3.8) is 0 Å². The molecule has 2 aromatic heterocycles. The number of carbonyl (C=O) groups is 1. The monoisotopic (exact) mass is 512 g/mol. The molecule has 1 fully saturated rings. The van der Waals surface area contributed by atoms with Gasteiger partial charge in [-0.15, -0.1) is 16.9 Å². The molecule has 0 spiro atoms. The lowest BCUT2D eigenvalue weighted by Crippen LogP contribution is -2.39. The molecule has 3 aromatic rings. The second-order valence-corrected chi connectivity index (χ2v) is 9.89. The Balaban J connectivity index is 1.36. The molecule has 11 heteroatoms. The lowest BCUT2D eigenvalue weighted by atomic mass is 10.1. The Morgan fingerprint density at radius 2 is 2.03 bits per heavy atom. The smallest absolute Gasteiger partial charge is 0.261 e. The molecule has 9 nitrogen and oxygen atoms in total. The molecule has 4 N–H and O–H groups in total. The third-order valence-electron chi connectivity index (χ3n) is 5.74. The first-order valence-electron chi connectivity index (χ1n) is 11.3. The lowest BCUT2D eigenvalue weighted by Gasteiger charge is -2.27. The van der Waals surface area contributed by atoms with Crippen LogP contribution in [-0.2, 0) is 0 Å². The van der Waals surface area contributed by atoms with Crippen LogP contribution in [0, 0.1) is 0 Å². The number of ether oxygens (including phenoxy) is 1. The van der Waals surface area contributed by atoms with Crippen LogP contribution in [0.5, 0.6) is 5.75 Å². The van der Waals surface area contributed by atoms with Gasteiger partial charge < -0.3 is 20.8 Å². The number of rotatable bonds is 7. The molecule has 0 unspecified atom stereocenters. The summed E-state index contributed by atoms with van der Waals surface area (Å²) in [5.74, 6) is 0.477. The second kappa shape index (κ2) is 10.5. The van der Waals surface area contributed by atoms with Crippen LogP contribution in [0.1, 0.15) is 22.5 Å². The van der Waals surface area contributed by atoms with E-state index in [4.69, 9.17) is 16.3 Å². The Bertz CT molecular complexity index is 1300. The van der Waals surface area contributed by atoms with Crippen LogP contribution >= 0.6 is 22.9 Å². The van der Waals surface area contributed by atoms with E-state index in [1.807, 2.05) is 30.5 Å². The summed E-state index contributed by atoms with van der Waals surface area (Å²) >= 11 is 7.16. The van der Waals surface area contributed by atoms with E-state index < -0.39 is 0 Å². The summed E-state index contributed by atoms with van der Waals surface area (Å²) in [5, 5.41) is 8.03. The van der Waals surface area contributed by atoms with Gasteiger partial charge in [-0.2, -0.15) is 0 Å². The molecule has 0 radical (unpaired) electrons. The first kappa shape index (κ1) is 23.4. The van der Waals surface area contributed by atoms with Gasteiger partial charge in [0.1, 0.15) is 17.5 Å². The van der Waals surface area contributed by atoms with Crippen LogP contribution in [0.2, 0.25) is 4.34 Å². The number of hydrogen-bond donors (Lipinski definition) is 4. The lowest BCUT2D eigenvalue weighted by molar-refractivity contribution is 0.0960. The standard InChI is InChI=1S/C24H25ClN6O3S/c25-22-7-6-21(35-22)24(33)27-14-16-15-31(29-28-16)19-5-4-17(30-12-2-1-3-23(30)32)13-20(19)34-18-8-10-26-11-9-18/h1-7,12-13,15,18,26,28-29H,8-11,14H2,(H,27,33). The molecule has 1 amide bonds. The highest BCUT2D eigenvalue weighted by Gasteiger charge is 2.22. The highest BCUT2D eigenvalue weighted by Crippen LogP contribution is 2.33. The van der Waals surface area contributed by atoms with Crippen LogP contribution < -0.4 is 36.9 Å². The minimum Gasteiger partial charge on any atom is -0.488 e. The molecule has 5 rings (SSSR count). The molecule has 1 saturated heterocycles. The van der Waals surface area contributed by atoms with Gasteiger partial charge >= 0.3 is 0 Å². The highest BCUT2D eigenvalue weighted by molar-refractivity contribution is 7.18. The number of halogens is 1. The van der Waals surface area contributed by atoms with Gasteiger partial charge in [-0.25, -0.2) is 0 Å². The number of aromatic nitrogens is 1. The zero-order chi connectivity index (χ0) is 24.2. The van der Waals surface area contributed by atoms with Gasteiger partial charge in [0.2, 0.25) is 0 Å². The summed E-state index contributed by atoms with van der Waals surface area (Å²) in [6, 6.07) is 14.1. The third-order valence-corrected chi connectivity index (χ3v) is 6.97. The molecule has 0 aliphatic carbocycles. The average Bonchev–Trinajstić information content (AvgIpc) is 3.53. The first-order chi connectivity index (χ1) is 17.1. The maximum absolute atomic E-state index is 12.4. The molecule has 0 bridgehead atoms. The third kappa shape index (κ3) is 5.51. The zero-order valence-electron chi connectivity index (χ0n) is 18.8. The van der Waals surface area contributed by atoms with Crippen molar-refractivity contribution in [1.29, 1.82) is 0 Å². The molecule has 1 aromatic carbocycles. The van der Waals surface area contributed by atoms with E-state index in [0.29, 0.717) is 21.5 Å². The Morgan fingerprint density at radius 3 is 2.80 bits per heavy atom. The molecule has 2 aliphatic heterocycles. The minimum absolute atomic E-state index is 0.0775. The Morgan fingerprint density at radius 1 is 1.17 bits per heavy atom. The fraction of sp³-hybridized carbons (Fsp3) is 0.250. The van der Waals surface area contributed by atoms with Crippen molar-refractivity contribution in [2.45, 2.75) is 18.9 Å².